The number of unbranched alkanes of at least 4 members (excludes halogenated alkanes) is 11. The highest BCUT2D eigenvalue weighted by atomic mass is 16.5. The van der Waals surface area contributed by atoms with Crippen molar-refractivity contribution >= 4 is 0 Å². The molecule has 0 N–H and O–H groups in total. The van der Waals surface area contributed by atoms with E-state index >= 15 is 0 Å². The second-order valence-corrected chi connectivity index (χ2v) is 9.36. The van der Waals surface area contributed by atoms with Gasteiger partial charge in [0, 0.05) is 6.61 Å². The fourth-order valence-corrected chi connectivity index (χ4v) is 4.30. The molecule has 0 aliphatic rings. The molecule has 0 radical (unpaired) electrons. The van der Waals surface area contributed by atoms with Crippen LogP contribution < -0.4 is 4.74 Å². The van der Waals surface area contributed by atoms with E-state index in [9.17, 15) is 0 Å². The molecule has 33 heavy (non-hydrogen) atoms. The number of ether oxygens (including phenoxy) is 2. The molecule has 0 saturated heterocycles. The van der Waals surface area contributed by atoms with Crippen molar-refractivity contribution in [2.75, 3.05) is 13.2 Å². The smallest absolute Gasteiger partial charge is 0.119 e. The van der Waals surface area contributed by atoms with E-state index in [2.05, 4.69) is 69.3 Å². The molecule has 1 unspecified atom stereocenters. The summed E-state index contributed by atoms with van der Waals surface area (Å²) in [5.74, 6) is 0.968. The lowest BCUT2D eigenvalue weighted by molar-refractivity contribution is 0.0640. The molecular formula is C31H48O2. The van der Waals surface area contributed by atoms with Crippen molar-refractivity contribution in [1.29, 1.82) is 0 Å². The van der Waals surface area contributed by atoms with Crippen molar-refractivity contribution in [3.05, 3.63) is 54.1 Å². The van der Waals surface area contributed by atoms with Gasteiger partial charge in [-0.25, -0.2) is 0 Å². The van der Waals surface area contributed by atoms with Gasteiger partial charge in [0.2, 0.25) is 0 Å². The van der Waals surface area contributed by atoms with Gasteiger partial charge in [0.25, 0.3) is 0 Å². The number of hydrogen-bond donors (Lipinski definition) is 0. The fourth-order valence-electron chi connectivity index (χ4n) is 4.30. The van der Waals surface area contributed by atoms with Crippen LogP contribution in [0.2, 0.25) is 0 Å². The molecule has 2 aromatic carbocycles. The van der Waals surface area contributed by atoms with Crippen LogP contribution in [-0.2, 0) is 4.74 Å². The summed E-state index contributed by atoms with van der Waals surface area (Å²) in [5, 5.41) is 0. The molecule has 184 valence electrons. The van der Waals surface area contributed by atoms with Crippen LogP contribution >= 0.6 is 0 Å². The quantitative estimate of drug-likeness (QED) is 0.197. The Morgan fingerprint density at radius 1 is 0.606 bits per heavy atom. The summed E-state index contributed by atoms with van der Waals surface area (Å²) in [6.45, 7) is 8.26. The van der Waals surface area contributed by atoms with Crippen LogP contribution in [0.4, 0.5) is 0 Å². The third kappa shape index (κ3) is 11.3. The molecular weight excluding hydrogens is 404 g/mol. The molecule has 0 aliphatic heterocycles. The second kappa shape index (κ2) is 17.6. The summed E-state index contributed by atoms with van der Waals surface area (Å²) < 4.78 is 12.1. The molecule has 0 spiro atoms. The van der Waals surface area contributed by atoms with Gasteiger partial charge in [-0.1, -0.05) is 121 Å². The van der Waals surface area contributed by atoms with E-state index < -0.39 is 0 Å². The molecule has 0 bridgehead atoms. The molecule has 0 aliphatic carbocycles. The maximum Gasteiger partial charge on any atom is 0.119 e. The minimum atomic E-state index is 0.102. The zero-order valence-corrected chi connectivity index (χ0v) is 21.6. The Balaban J connectivity index is 1.66. The Bertz CT molecular complexity index is 722. The maximum absolute atomic E-state index is 6.06. The first-order chi connectivity index (χ1) is 16.3. The minimum absolute atomic E-state index is 0.102. The van der Waals surface area contributed by atoms with Gasteiger partial charge < -0.3 is 9.47 Å². The Kier molecular flexibility index (Phi) is 14.7. The van der Waals surface area contributed by atoms with Crippen LogP contribution in [0.25, 0.3) is 11.1 Å². The van der Waals surface area contributed by atoms with E-state index in [1.807, 2.05) is 0 Å². The van der Waals surface area contributed by atoms with Gasteiger partial charge in [-0.3, -0.25) is 0 Å². The molecule has 0 fully saturated rings. The molecule has 0 heterocycles. The highest BCUT2D eigenvalue weighted by Crippen LogP contribution is 2.31. The van der Waals surface area contributed by atoms with Gasteiger partial charge in [0.1, 0.15) is 5.75 Å². The molecule has 0 saturated carbocycles. The van der Waals surface area contributed by atoms with Crippen molar-refractivity contribution < 1.29 is 9.47 Å². The number of benzene rings is 2. The summed E-state index contributed by atoms with van der Waals surface area (Å²) in [6, 6.07) is 17.1. The topological polar surface area (TPSA) is 18.5 Å². The van der Waals surface area contributed by atoms with Crippen molar-refractivity contribution in [2.24, 2.45) is 0 Å². The van der Waals surface area contributed by atoms with Crippen molar-refractivity contribution in [3.63, 3.8) is 0 Å². The van der Waals surface area contributed by atoms with Crippen LogP contribution in [0.1, 0.15) is 116 Å². The Morgan fingerprint density at radius 3 is 1.82 bits per heavy atom. The Hall–Kier alpha value is -1.80. The molecule has 2 rings (SSSR count). The first-order valence-electron chi connectivity index (χ1n) is 13.7. The first-order valence-corrected chi connectivity index (χ1v) is 13.7. The summed E-state index contributed by atoms with van der Waals surface area (Å²) in [6.07, 6.45) is 17.4. The largest absolute Gasteiger partial charge is 0.494 e. The van der Waals surface area contributed by atoms with Crippen LogP contribution in [-0.4, -0.2) is 13.2 Å². The number of hydrogen-bond acceptors (Lipinski definition) is 2. The van der Waals surface area contributed by atoms with Crippen molar-refractivity contribution in [2.45, 2.75) is 110 Å². The third-order valence-corrected chi connectivity index (χ3v) is 6.45. The zero-order valence-electron chi connectivity index (χ0n) is 21.6. The first kappa shape index (κ1) is 27.4. The van der Waals surface area contributed by atoms with Gasteiger partial charge in [0.05, 0.1) is 12.7 Å². The zero-order chi connectivity index (χ0) is 23.6. The van der Waals surface area contributed by atoms with E-state index in [1.54, 1.807) is 0 Å². The summed E-state index contributed by atoms with van der Waals surface area (Å²) in [4.78, 5) is 0. The SMILES string of the molecule is CCCCCCCCCCCCCOc1ccc(-c2ccccc2C(C)OCCCC)cc1. The normalized spacial score (nSPS) is 12.1. The van der Waals surface area contributed by atoms with Crippen molar-refractivity contribution in [1.82, 2.24) is 0 Å². The van der Waals surface area contributed by atoms with Gasteiger partial charge in [-0.15, -0.1) is 0 Å². The highest BCUT2D eigenvalue weighted by molar-refractivity contribution is 5.68. The third-order valence-electron chi connectivity index (χ3n) is 6.45. The van der Waals surface area contributed by atoms with Crippen molar-refractivity contribution in [3.8, 4) is 16.9 Å². The van der Waals surface area contributed by atoms with Gasteiger partial charge in [-0.05, 0) is 48.6 Å². The van der Waals surface area contributed by atoms with E-state index in [-0.39, 0.29) is 6.10 Å². The monoisotopic (exact) mass is 452 g/mol. The van der Waals surface area contributed by atoms with Crippen LogP contribution in [0.3, 0.4) is 0 Å². The molecule has 1 atom stereocenters. The van der Waals surface area contributed by atoms with E-state index in [1.165, 1.54) is 80.9 Å². The molecule has 0 amide bonds. The fraction of sp³-hybridized carbons (Fsp3) is 0.613. The lowest BCUT2D eigenvalue weighted by Gasteiger charge is -2.18. The minimum Gasteiger partial charge on any atom is -0.494 e. The van der Waals surface area contributed by atoms with E-state index in [0.717, 1.165) is 38.2 Å². The van der Waals surface area contributed by atoms with Gasteiger partial charge in [0.15, 0.2) is 0 Å². The van der Waals surface area contributed by atoms with Crippen LogP contribution in [0.5, 0.6) is 5.75 Å². The molecule has 2 aromatic rings. The molecule has 0 aromatic heterocycles. The lowest BCUT2D eigenvalue weighted by atomic mass is 9.96. The van der Waals surface area contributed by atoms with Gasteiger partial charge in [-0.2, -0.15) is 0 Å². The summed E-state index contributed by atoms with van der Waals surface area (Å²) in [7, 11) is 0. The highest BCUT2D eigenvalue weighted by Gasteiger charge is 2.12. The Labute approximate surface area is 204 Å². The van der Waals surface area contributed by atoms with E-state index in [0.29, 0.717) is 0 Å². The maximum atomic E-state index is 6.06. The predicted molar refractivity (Wildman–Crippen MR) is 143 cm³/mol. The number of rotatable bonds is 19. The summed E-state index contributed by atoms with van der Waals surface area (Å²) in [5.41, 5.74) is 3.72. The Morgan fingerprint density at radius 2 is 1.18 bits per heavy atom. The van der Waals surface area contributed by atoms with E-state index in [4.69, 9.17) is 9.47 Å². The standard InChI is InChI=1S/C31H48O2/c1-4-6-8-9-10-11-12-13-14-15-18-26-33-29-23-21-28(22-24-29)31-20-17-16-19-30(31)27(3)32-25-7-5-2/h16-17,19-24,27H,4-15,18,25-26H2,1-3H3. The lowest BCUT2D eigenvalue weighted by Crippen LogP contribution is -2.03. The van der Waals surface area contributed by atoms with Crippen LogP contribution in [0, 0.1) is 0 Å². The predicted octanol–water partition coefficient (Wildman–Crippen LogP) is 9.92. The molecule has 2 nitrogen and oxygen atoms in total. The second-order valence-electron chi connectivity index (χ2n) is 9.36. The van der Waals surface area contributed by atoms with Gasteiger partial charge >= 0.3 is 0 Å². The average Bonchev–Trinajstić information content (AvgIpc) is 2.85. The summed E-state index contributed by atoms with van der Waals surface area (Å²) >= 11 is 0. The van der Waals surface area contributed by atoms with Crippen LogP contribution in [0.15, 0.2) is 48.5 Å². The average molecular weight is 453 g/mol. The molecule has 2 heteroatoms.